The highest BCUT2D eigenvalue weighted by molar-refractivity contribution is 7.89. The number of sulfonamides is 1. The van der Waals surface area contributed by atoms with Crippen molar-refractivity contribution in [1.29, 1.82) is 5.26 Å². The molecule has 1 amide bonds. The van der Waals surface area contributed by atoms with E-state index >= 15 is 0 Å². The first kappa shape index (κ1) is 21.4. The zero-order valence-electron chi connectivity index (χ0n) is 16.4. The van der Waals surface area contributed by atoms with Crippen LogP contribution >= 0.6 is 0 Å². The SMILES string of the molecule is CCN(CC)S(=O)(=O)c1ccc(C(C)NC(=O)C2(C#N)CCCCC2)cc1. The standard InChI is InChI=1S/C20H29N3O3S/c1-4-23(5-2)27(25,26)18-11-9-17(10-12-18)16(3)22-19(24)20(15-21)13-7-6-8-14-20/h9-12,16H,4-8,13-14H2,1-3H3,(H,22,24). The van der Waals surface area contributed by atoms with Gasteiger partial charge in [-0.15, -0.1) is 0 Å². The number of nitrogens with one attached hydrogen (secondary N) is 1. The maximum atomic E-state index is 12.7. The molecule has 1 fully saturated rings. The van der Waals surface area contributed by atoms with Crippen molar-refractivity contribution < 1.29 is 13.2 Å². The van der Waals surface area contributed by atoms with Crippen molar-refractivity contribution >= 4 is 15.9 Å². The predicted molar refractivity (Wildman–Crippen MR) is 104 cm³/mol. The van der Waals surface area contributed by atoms with E-state index in [1.807, 2.05) is 20.8 Å². The summed E-state index contributed by atoms with van der Waals surface area (Å²) in [5.41, 5.74) is -0.121. The average Bonchev–Trinajstić information content (AvgIpc) is 2.69. The van der Waals surface area contributed by atoms with Gasteiger partial charge >= 0.3 is 0 Å². The van der Waals surface area contributed by atoms with Crippen LogP contribution in [0.4, 0.5) is 0 Å². The normalized spacial score (nSPS) is 17.9. The first-order valence-electron chi connectivity index (χ1n) is 9.63. The van der Waals surface area contributed by atoms with Gasteiger partial charge in [-0.2, -0.15) is 9.57 Å². The topological polar surface area (TPSA) is 90.3 Å². The molecule has 1 aliphatic rings. The third-order valence-electron chi connectivity index (χ3n) is 5.43. The number of rotatable bonds is 7. The lowest BCUT2D eigenvalue weighted by molar-refractivity contribution is -0.130. The van der Waals surface area contributed by atoms with Gasteiger partial charge in [-0.3, -0.25) is 4.79 Å². The van der Waals surface area contributed by atoms with Crippen LogP contribution in [0.3, 0.4) is 0 Å². The molecule has 0 saturated heterocycles. The maximum Gasteiger partial charge on any atom is 0.243 e. The number of nitriles is 1. The van der Waals surface area contributed by atoms with Gasteiger partial charge in [0.15, 0.2) is 0 Å². The molecule has 0 aromatic heterocycles. The van der Waals surface area contributed by atoms with Crippen molar-refractivity contribution in [2.24, 2.45) is 5.41 Å². The molecule has 0 spiro atoms. The number of nitrogens with zero attached hydrogens (tertiary/aromatic N) is 2. The van der Waals surface area contributed by atoms with Gasteiger partial charge in [0.2, 0.25) is 15.9 Å². The quantitative estimate of drug-likeness (QED) is 0.771. The van der Waals surface area contributed by atoms with Crippen molar-refractivity contribution in [2.75, 3.05) is 13.1 Å². The van der Waals surface area contributed by atoms with Crippen LogP contribution in [0.15, 0.2) is 29.2 Å². The maximum absolute atomic E-state index is 12.7. The van der Waals surface area contributed by atoms with Crippen molar-refractivity contribution in [1.82, 2.24) is 9.62 Å². The fourth-order valence-corrected chi connectivity index (χ4v) is 5.06. The molecule has 0 bridgehead atoms. The van der Waals surface area contributed by atoms with Gasteiger partial charge in [0.25, 0.3) is 0 Å². The van der Waals surface area contributed by atoms with Crippen LogP contribution in [-0.4, -0.2) is 31.7 Å². The molecular weight excluding hydrogens is 362 g/mol. The van der Waals surface area contributed by atoms with Gasteiger partial charge in [0.1, 0.15) is 5.41 Å². The minimum Gasteiger partial charge on any atom is -0.348 e. The number of hydrogen-bond acceptors (Lipinski definition) is 4. The van der Waals surface area contributed by atoms with Gasteiger partial charge in [-0.05, 0) is 37.5 Å². The number of carbonyl (C=O) groups is 1. The molecule has 2 rings (SSSR count). The Morgan fingerprint density at radius 3 is 2.22 bits per heavy atom. The second-order valence-electron chi connectivity index (χ2n) is 7.11. The highest BCUT2D eigenvalue weighted by Crippen LogP contribution is 2.36. The lowest BCUT2D eigenvalue weighted by Crippen LogP contribution is -2.42. The Labute approximate surface area is 162 Å². The molecule has 0 heterocycles. The summed E-state index contributed by atoms with van der Waals surface area (Å²) in [7, 11) is -3.49. The lowest BCUT2D eigenvalue weighted by Gasteiger charge is -2.30. The molecule has 0 aliphatic heterocycles. The van der Waals surface area contributed by atoms with Gasteiger partial charge in [-0.1, -0.05) is 45.2 Å². The first-order valence-corrected chi connectivity index (χ1v) is 11.1. The fraction of sp³-hybridized carbons (Fsp3) is 0.600. The summed E-state index contributed by atoms with van der Waals surface area (Å²) in [5, 5.41) is 12.5. The molecule has 1 saturated carbocycles. The number of carbonyl (C=O) groups excluding carboxylic acids is 1. The van der Waals surface area contributed by atoms with Crippen molar-refractivity contribution in [3.8, 4) is 6.07 Å². The van der Waals surface area contributed by atoms with Gasteiger partial charge in [-0.25, -0.2) is 8.42 Å². The Kier molecular flexibility index (Phi) is 7.01. The second-order valence-corrected chi connectivity index (χ2v) is 9.05. The van der Waals surface area contributed by atoms with Crippen LogP contribution in [0.1, 0.15) is 64.5 Å². The monoisotopic (exact) mass is 391 g/mol. The third-order valence-corrected chi connectivity index (χ3v) is 7.49. The van der Waals surface area contributed by atoms with Crippen LogP contribution < -0.4 is 5.32 Å². The van der Waals surface area contributed by atoms with E-state index in [4.69, 9.17) is 0 Å². The Bertz CT molecular complexity index is 787. The Morgan fingerprint density at radius 2 is 1.74 bits per heavy atom. The number of hydrogen-bond donors (Lipinski definition) is 1. The van der Waals surface area contributed by atoms with E-state index in [0.717, 1.165) is 24.8 Å². The molecule has 1 aromatic carbocycles. The predicted octanol–water partition coefficient (Wildman–Crippen LogP) is 3.37. The first-order chi connectivity index (χ1) is 12.8. The van der Waals surface area contributed by atoms with Crippen LogP contribution in [0.5, 0.6) is 0 Å². The lowest BCUT2D eigenvalue weighted by atomic mass is 9.74. The van der Waals surface area contributed by atoms with E-state index in [0.29, 0.717) is 25.9 Å². The zero-order valence-corrected chi connectivity index (χ0v) is 17.2. The van der Waals surface area contributed by atoms with E-state index in [1.165, 1.54) is 4.31 Å². The molecule has 1 N–H and O–H groups in total. The summed E-state index contributed by atoms with van der Waals surface area (Å²) in [6, 6.07) is 8.53. The van der Waals surface area contributed by atoms with E-state index in [2.05, 4.69) is 11.4 Å². The second kappa shape index (κ2) is 8.85. The Hall–Kier alpha value is -1.91. The minimum atomic E-state index is -3.49. The molecule has 1 aliphatic carbocycles. The summed E-state index contributed by atoms with van der Waals surface area (Å²) in [6.07, 6.45) is 4.06. The molecule has 1 aromatic rings. The fourth-order valence-electron chi connectivity index (χ4n) is 3.60. The summed E-state index contributed by atoms with van der Waals surface area (Å²) >= 11 is 0. The zero-order chi connectivity index (χ0) is 20.1. The third kappa shape index (κ3) is 4.50. The van der Waals surface area contributed by atoms with E-state index in [-0.39, 0.29) is 16.8 Å². The van der Waals surface area contributed by atoms with Crippen molar-refractivity contribution in [3.63, 3.8) is 0 Å². The van der Waals surface area contributed by atoms with E-state index in [1.54, 1.807) is 24.3 Å². The molecule has 27 heavy (non-hydrogen) atoms. The van der Waals surface area contributed by atoms with Crippen LogP contribution in [0.25, 0.3) is 0 Å². The smallest absolute Gasteiger partial charge is 0.243 e. The molecule has 1 unspecified atom stereocenters. The van der Waals surface area contributed by atoms with Gasteiger partial charge in [0, 0.05) is 13.1 Å². The van der Waals surface area contributed by atoms with Gasteiger partial charge in [0.05, 0.1) is 17.0 Å². The van der Waals surface area contributed by atoms with Crippen molar-refractivity contribution in [2.45, 2.75) is 63.8 Å². The largest absolute Gasteiger partial charge is 0.348 e. The van der Waals surface area contributed by atoms with E-state index < -0.39 is 15.4 Å². The number of benzene rings is 1. The minimum absolute atomic E-state index is 0.225. The molecule has 148 valence electrons. The summed E-state index contributed by atoms with van der Waals surface area (Å²) in [6.45, 7) is 6.30. The van der Waals surface area contributed by atoms with E-state index in [9.17, 15) is 18.5 Å². The molecule has 6 nitrogen and oxygen atoms in total. The average molecular weight is 392 g/mol. The molecule has 7 heteroatoms. The highest BCUT2D eigenvalue weighted by Gasteiger charge is 2.40. The highest BCUT2D eigenvalue weighted by atomic mass is 32.2. The number of amides is 1. The van der Waals surface area contributed by atoms with Crippen LogP contribution in [0.2, 0.25) is 0 Å². The molecule has 0 radical (unpaired) electrons. The van der Waals surface area contributed by atoms with Crippen LogP contribution in [-0.2, 0) is 14.8 Å². The van der Waals surface area contributed by atoms with Crippen molar-refractivity contribution in [3.05, 3.63) is 29.8 Å². The molecular formula is C20H29N3O3S. The Morgan fingerprint density at radius 1 is 1.19 bits per heavy atom. The van der Waals surface area contributed by atoms with Crippen LogP contribution in [0, 0.1) is 16.7 Å². The summed E-state index contributed by atoms with van der Waals surface area (Å²) in [4.78, 5) is 12.9. The molecule has 1 atom stereocenters. The summed E-state index contributed by atoms with van der Waals surface area (Å²) in [5.74, 6) is -0.225. The van der Waals surface area contributed by atoms with Gasteiger partial charge < -0.3 is 5.32 Å². The summed E-state index contributed by atoms with van der Waals surface area (Å²) < 4.78 is 26.5. The Balaban J connectivity index is 2.13.